The lowest BCUT2D eigenvalue weighted by molar-refractivity contribution is 1.29. The Kier molecular flexibility index (Phi) is 2.63. The van der Waals surface area contributed by atoms with Crippen molar-refractivity contribution in [2.75, 3.05) is 0 Å². The molecule has 1 heterocycles. The molecule has 0 aromatic heterocycles. The monoisotopic (exact) mass is 334 g/mol. The van der Waals surface area contributed by atoms with E-state index in [1.54, 1.807) is 0 Å². The van der Waals surface area contributed by atoms with Crippen LogP contribution in [0, 0.1) is 0 Å². The first kappa shape index (κ1) is 13.5. The summed E-state index contributed by atoms with van der Waals surface area (Å²) in [6, 6.07) is 30.9. The Bertz CT molecular complexity index is 1120. The predicted octanol–water partition coefficient (Wildman–Crippen LogP) is 6.63. The van der Waals surface area contributed by atoms with Crippen LogP contribution in [0.25, 0.3) is 21.9 Å². The first-order valence-electron chi connectivity index (χ1n) is 8.54. The first-order chi connectivity index (χ1) is 12.4. The fourth-order valence-electron chi connectivity index (χ4n) is 3.93. The van der Waals surface area contributed by atoms with Gasteiger partial charge in [-0.15, -0.1) is 0 Å². The Morgan fingerprint density at radius 2 is 0.880 bits per heavy atom. The maximum absolute atomic E-state index is 2.35. The van der Waals surface area contributed by atoms with Crippen LogP contribution in [0.5, 0.6) is 0 Å². The third kappa shape index (κ3) is 1.90. The standard InChI is InChI=1S/C24H14S/c1-2-8-16-14-20-19(13-15(16)7-1)24(20)23-17-9-3-5-11-21(17)25-22-12-6-4-10-18(22)23/h1-14H. The minimum atomic E-state index is 1.32. The van der Waals surface area contributed by atoms with Gasteiger partial charge in [0.1, 0.15) is 0 Å². The normalized spacial score (nSPS) is 14.1. The van der Waals surface area contributed by atoms with E-state index in [-0.39, 0.29) is 0 Å². The zero-order valence-electron chi connectivity index (χ0n) is 13.5. The van der Waals surface area contributed by atoms with Crippen molar-refractivity contribution in [3.8, 4) is 0 Å². The second-order valence-electron chi connectivity index (χ2n) is 6.59. The minimum Gasteiger partial charge on any atom is -0.0888 e. The molecule has 0 amide bonds. The highest BCUT2D eigenvalue weighted by molar-refractivity contribution is 7.99. The number of hydrogen-bond acceptors (Lipinski definition) is 1. The number of benzene rings is 4. The van der Waals surface area contributed by atoms with Crippen LogP contribution in [0.1, 0.15) is 22.3 Å². The second kappa shape index (κ2) is 4.87. The predicted molar refractivity (Wildman–Crippen MR) is 106 cm³/mol. The molecule has 0 radical (unpaired) electrons. The van der Waals surface area contributed by atoms with Gasteiger partial charge in [0.25, 0.3) is 0 Å². The first-order valence-corrected chi connectivity index (χ1v) is 9.36. The van der Waals surface area contributed by atoms with Crippen molar-refractivity contribution < 1.29 is 0 Å². The highest BCUT2D eigenvalue weighted by Crippen LogP contribution is 2.55. The molecule has 1 heteroatoms. The molecule has 0 nitrogen and oxygen atoms in total. The van der Waals surface area contributed by atoms with Crippen LogP contribution < -0.4 is 0 Å². The van der Waals surface area contributed by atoms with Crippen LogP contribution >= 0.6 is 11.8 Å². The van der Waals surface area contributed by atoms with E-state index in [9.17, 15) is 0 Å². The maximum atomic E-state index is 2.35. The quantitative estimate of drug-likeness (QED) is 0.300. The van der Waals surface area contributed by atoms with Crippen LogP contribution in [0.15, 0.2) is 94.7 Å². The van der Waals surface area contributed by atoms with Crippen LogP contribution in [0.3, 0.4) is 0 Å². The van der Waals surface area contributed by atoms with Crippen molar-refractivity contribution >= 4 is 33.7 Å². The maximum Gasteiger partial charge on any atom is 0.0201 e. The topological polar surface area (TPSA) is 0 Å². The fourth-order valence-corrected chi connectivity index (χ4v) is 5.02. The fraction of sp³-hybridized carbons (Fsp3) is 0. The lowest BCUT2D eigenvalue weighted by Gasteiger charge is -2.21. The summed E-state index contributed by atoms with van der Waals surface area (Å²) >= 11 is 1.88. The van der Waals surface area contributed by atoms with Gasteiger partial charge in [-0.05, 0) is 68.4 Å². The molecule has 0 saturated carbocycles. The number of hydrogen-bond donors (Lipinski definition) is 0. The third-order valence-corrected chi connectivity index (χ3v) is 6.30. The molecule has 0 bridgehead atoms. The summed E-state index contributed by atoms with van der Waals surface area (Å²) in [7, 11) is 0. The summed E-state index contributed by atoms with van der Waals surface area (Å²) in [5.41, 5.74) is 8.37. The zero-order chi connectivity index (χ0) is 16.4. The van der Waals surface area contributed by atoms with Gasteiger partial charge in [0.15, 0.2) is 0 Å². The molecule has 2 aliphatic rings. The van der Waals surface area contributed by atoms with Crippen molar-refractivity contribution in [1.29, 1.82) is 0 Å². The zero-order valence-corrected chi connectivity index (χ0v) is 14.3. The Morgan fingerprint density at radius 1 is 0.440 bits per heavy atom. The molecule has 0 N–H and O–H groups in total. The van der Waals surface area contributed by atoms with Crippen LogP contribution in [-0.2, 0) is 0 Å². The van der Waals surface area contributed by atoms with E-state index in [0.717, 1.165) is 0 Å². The lowest BCUT2D eigenvalue weighted by atomic mass is 9.95. The van der Waals surface area contributed by atoms with Crippen molar-refractivity contribution in [3.63, 3.8) is 0 Å². The Labute approximate surface area is 150 Å². The van der Waals surface area contributed by atoms with E-state index in [0.29, 0.717) is 0 Å². The van der Waals surface area contributed by atoms with E-state index < -0.39 is 0 Å². The molecular formula is C24H14S. The van der Waals surface area contributed by atoms with E-state index >= 15 is 0 Å². The largest absolute Gasteiger partial charge is 0.0888 e. The molecule has 4 aromatic rings. The highest BCUT2D eigenvalue weighted by atomic mass is 32.2. The molecular weight excluding hydrogens is 320 g/mol. The Hall–Kier alpha value is -2.77. The van der Waals surface area contributed by atoms with E-state index in [1.807, 2.05) is 11.8 Å². The van der Waals surface area contributed by atoms with E-state index in [1.165, 1.54) is 54.0 Å². The van der Waals surface area contributed by atoms with Crippen molar-refractivity contribution in [2.45, 2.75) is 9.79 Å². The van der Waals surface area contributed by atoms with Gasteiger partial charge >= 0.3 is 0 Å². The number of rotatable bonds is 0. The van der Waals surface area contributed by atoms with Crippen LogP contribution in [0.4, 0.5) is 0 Å². The van der Waals surface area contributed by atoms with E-state index in [4.69, 9.17) is 0 Å². The third-order valence-electron chi connectivity index (χ3n) is 5.14. The van der Waals surface area contributed by atoms with Crippen molar-refractivity contribution in [2.24, 2.45) is 0 Å². The highest BCUT2D eigenvalue weighted by Gasteiger charge is 2.33. The molecule has 1 aliphatic heterocycles. The number of fused-ring (bicyclic) bond motifs is 4. The molecule has 0 unspecified atom stereocenters. The van der Waals surface area contributed by atoms with Crippen molar-refractivity contribution in [3.05, 3.63) is 107 Å². The van der Waals surface area contributed by atoms with Gasteiger partial charge in [0.2, 0.25) is 0 Å². The smallest absolute Gasteiger partial charge is 0.0201 e. The van der Waals surface area contributed by atoms with Gasteiger partial charge in [-0.25, -0.2) is 0 Å². The lowest BCUT2D eigenvalue weighted by Crippen LogP contribution is -1.98. The SMILES string of the molecule is c1ccc2c(c1)Sc1ccccc1C2=C1c2cc3ccccc3cc21. The van der Waals surface area contributed by atoms with Gasteiger partial charge in [0.05, 0.1) is 0 Å². The molecule has 0 atom stereocenters. The summed E-state index contributed by atoms with van der Waals surface area (Å²) in [5.74, 6) is 0. The summed E-state index contributed by atoms with van der Waals surface area (Å²) < 4.78 is 0. The summed E-state index contributed by atoms with van der Waals surface area (Å²) in [6.45, 7) is 0. The summed E-state index contributed by atoms with van der Waals surface area (Å²) in [5, 5.41) is 2.65. The average molecular weight is 334 g/mol. The van der Waals surface area contributed by atoms with E-state index in [2.05, 4.69) is 84.9 Å². The molecule has 4 aromatic carbocycles. The molecule has 1 aliphatic carbocycles. The summed E-state index contributed by atoms with van der Waals surface area (Å²) in [4.78, 5) is 2.71. The molecule has 0 fully saturated rings. The van der Waals surface area contributed by atoms with Crippen molar-refractivity contribution in [1.82, 2.24) is 0 Å². The van der Waals surface area contributed by atoms with Gasteiger partial charge in [-0.1, -0.05) is 72.4 Å². The van der Waals surface area contributed by atoms with Crippen LogP contribution in [0.2, 0.25) is 0 Å². The van der Waals surface area contributed by atoms with Gasteiger partial charge in [-0.2, -0.15) is 0 Å². The molecule has 0 saturated heterocycles. The van der Waals surface area contributed by atoms with Gasteiger partial charge in [-0.3, -0.25) is 0 Å². The minimum absolute atomic E-state index is 1.32. The Morgan fingerprint density at radius 3 is 1.44 bits per heavy atom. The van der Waals surface area contributed by atoms with Crippen LogP contribution in [-0.4, -0.2) is 0 Å². The van der Waals surface area contributed by atoms with Gasteiger partial charge in [0, 0.05) is 9.79 Å². The summed E-state index contributed by atoms with van der Waals surface area (Å²) in [6.07, 6.45) is 0. The second-order valence-corrected chi connectivity index (χ2v) is 7.67. The molecule has 6 rings (SSSR count). The van der Waals surface area contributed by atoms with Gasteiger partial charge < -0.3 is 0 Å². The molecule has 116 valence electrons. The Balaban J connectivity index is 1.68. The molecule has 0 spiro atoms. The average Bonchev–Trinajstić information content (AvgIpc) is 3.36. The molecule has 25 heavy (non-hydrogen) atoms.